The smallest absolute Gasteiger partial charge is 0.379 e. The fourth-order valence-corrected chi connectivity index (χ4v) is 3.30. The van der Waals surface area contributed by atoms with E-state index in [1.54, 1.807) is 0 Å². The van der Waals surface area contributed by atoms with Crippen LogP contribution < -0.4 is 0 Å². The normalized spacial score (nSPS) is 14.1. The van der Waals surface area contributed by atoms with Crippen molar-refractivity contribution in [3.63, 3.8) is 0 Å². The number of hydrogen-bond donors (Lipinski definition) is 0. The van der Waals surface area contributed by atoms with Gasteiger partial charge in [0.25, 0.3) is 0 Å². The van der Waals surface area contributed by atoms with Crippen molar-refractivity contribution < 1.29 is 61.6 Å². The lowest BCUT2D eigenvalue weighted by Crippen LogP contribution is -2.63. The van der Waals surface area contributed by atoms with Crippen molar-refractivity contribution in [3.05, 3.63) is 0 Å². The topological polar surface area (TPSA) is 61.8 Å². The third-order valence-electron chi connectivity index (χ3n) is 4.37. The number of halogens is 9. The number of rotatable bonds is 19. The highest BCUT2D eigenvalue weighted by atomic mass is 32.2. The minimum Gasteiger partial charge on any atom is -0.379 e. The molecule has 0 aromatic rings. The summed E-state index contributed by atoms with van der Waals surface area (Å²) in [6, 6.07) is 0. The van der Waals surface area contributed by atoms with E-state index in [0.717, 1.165) is 25.7 Å². The quantitative estimate of drug-likeness (QED) is 0.118. The third-order valence-corrected chi connectivity index (χ3v) is 5.73. The molecule has 33 heavy (non-hydrogen) atoms. The molecule has 0 unspecified atom stereocenters. The van der Waals surface area contributed by atoms with Gasteiger partial charge in [-0.15, -0.1) is 0 Å². The fraction of sp³-hybridized carbons (Fsp3) is 1.00. The summed E-state index contributed by atoms with van der Waals surface area (Å²) in [4.78, 5) is 0. The van der Waals surface area contributed by atoms with E-state index in [4.69, 9.17) is 9.47 Å². The van der Waals surface area contributed by atoms with E-state index in [9.17, 15) is 47.9 Å². The maximum Gasteiger partial charge on any atom is 0.460 e. The summed E-state index contributed by atoms with van der Waals surface area (Å²) in [7, 11) is -6.78. The van der Waals surface area contributed by atoms with Gasteiger partial charge in [0, 0.05) is 13.2 Å². The molecule has 0 fully saturated rings. The van der Waals surface area contributed by atoms with Gasteiger partial charge >= 0.3 is 33.4 Å². The Morgan fingerprint density at radius 1 is 0.576 bits per heavy atom. The third kappa shape index (κ3) is 9.40. The summed E-state index contributed by atoms with van der Waals surface area (Å²) in [5.41, 5.74) is 0. The maximum absolute atomic E-state index is 13.4. The lowest BCUT2D eigenvalue weighted by atomic mass is 10.1. The molecule has 0 saturated heterocycles. The van der Waals surface area contributed by atoms with E-state index in [2.05, 4.69) is 11.1 Å². The second-order valence-electron chi connectivity index (χ2n) is 7.14. The zero-order chi connectivity index (χ0) is 25.8. The zero-order valence-corrected chi connectivity index (χ0v) is 18.9. The van der Waals surface area contributed by atoms with E-state index in [0.29, 0.717) is 39.3 Å². The monoisotopic (exact) mass is 528 g/mol. The largest absolute Gasteiger partial charge is 0.460 e. The Hall–Kier alpha value is -0.800. The predicted octanol–water partition coefficient (Wildman–Crippen LogP) is 5.93. The summed E-state index contributed by atoms with van der Waals surface area (Å²) < 4.78 is 151. The summed E-state index contributed by atoms with van der Waals surface area (Å²) in [6.07, 6.45) is -2.01. The van der Waals surface area contributed by atoms with Gasteiger partial charge in [0.2, 0.25) is 0 Å². The van der Waals surface area contributed by atoms with Crippen LogP contribution in [0.25, 0.3) is 0 Å². The van der Waals surface area contributed by atoms with Gasteiger partial charge in [0.1, 0.15) is 0 Å². The van der Waals surface area contributed by atoms with Crippen LogP contribution in [0.4, 0.5) is 39.5 Å². The van der Waals surface area contributed by atoms with Crippen LogP contribution in [0.5, 0.6) is 0 Å². The highest BCUT2D eigenvalue weighted by Crippen LogP contribution is 2.54. The van der Waals surface area contributed by atoms with Crippen molar-refractivity contribution in [3.8, 4) is 0 Å². The van der Waals surface area contributed by atoms with Crippen LogP contribution in [-0.4, -0.2) is 64.7 Å². The highest BCUT2D eigenvalue weighted by molar-refractivity contribution is 7.87. The molecule has 0 atom stereocenters. The van der Waals surface area contributed by atoms with Crippen molar-refractivity contribution in [2.75, 3.05) is 33.0 Å². The molecule has 0 N–H and O–H groups in total. The summed E-state index contributed by atoms with van der Waals surface area (Å²) in [5.74, 6) is -14.6. The molecule has 0 spiro atoms. The molecule has 0 bridgehead atoms. The average molecular weight is 528 g/mol. The Kier molecular flexibility index (Phi) is 13.6. The van der Waals surface area contributed by atoms with Gasteiger partial charge in [-0.2, -0.15) is 47.9 Å². The van der Waals surface area contributed by atoms with Crippen LogP contribution in [0.1, 0.15) is 58.3 Å². The number of hydrogen-bond acceptors (Lipinski definition) is 5. The SMILES string of the molecule is CCCCCCOCCOCCCCCCOS(=O)(=O)C(F)(F)C(F)(F)C(F)(F)C(F)(F)F. The molecule has 0 aliphatic rings. The van der Waals surface area contributed by atoms with Crippen LogP contribution in [0.2, 0.25) is 0 Å². The molecule has 0 aliphatic carbocycles. The van der Waals surface area contributed by atoms with E-state index in [1.807, 2.05) is 0 Å². The molecule has 0 rings (SSSR count). The first-order chi connectivity index (χ1) is 15.1. The first-order valence-electron chi connectivity index (χ1n) is 10.3. The van der Waals surface area contributed by atoms with Gasteiger partial charge in [-0.1, -0.05) is 39.0 Å². The summed E-state index contributed by atoms with van der Waals surface area (Å²) in [5, 5.41) is -6.81. The van der Waals surface area contributed by atoms with Crippen molar-refractivity contribution in [1.29, 1.82) is 0 Å². The molecule has 15 heteroatoms. The number of alkyl halides is 9. The number of ether oxygens (including phenoxy) is 2. The molecular formula is C18H29F9O5S. The van der Waals surface area contributed by atoms with Crippen LogP contribution in [0, 0.1) is 0 Å². The van der Waals surface area contributed by atoms with Gasteiger partial charge in [-0.05, 0) is 19.3 Å². The first kappa shape index (κ1) is 32.2. The Balaban J connectivity index is 4.17. The Bertz CT molecular complexity index is 640. The van der Waals surface area contributed by atoms with Gasteiger partial charge in [0.15, 0.2) is 0 Å². The summed E-state index contributed by atoms with van der Waals surface area (Å²) in [6.45, 7) is 2.69. The van der Waals surface area contributed by atoms with E-state index in [-0.39, 0.29) is 12.8 Å². The highest BCUT2D eigenvalue weighted by Gasteiger charge is 2.85. The lowest BCUT2D eigenvalue weighted by molar-refractivity contribution is -0.382. The van der Waals surface area contributed by atoms with E-state index < -0.39 is 40.0 Å². The molecule has 0 amide bonds. The van der Waals surface area contributed by atoms with E-state index in [1.165, 1.54) is 0 Å². The zero-order valence-electron chi connectivity index (χ0n) is 18.0. The molecule has 0 heterocycles. The predicted molar refractivity (Wildman–Crippen MR) is 100 cm³/mol. The minimum absolute atomic E-state index is 0.174. The molecule has 0 aliphatic heterocycles. The van der Waals surface area contributed by atoms with Gasteiger partial charge in [-0.25, -0.2) is 0 Å². The van der Waals surface area contributed by atoms with Crippen molar-refractivity contribution in [1.82, 2.24) is 0 Å². The Labute approximate surface area is 187 Å². The second-order valence-corrected chi connectivity index (χ2v) is 8.80. The minimum atomic E-state index is -7.31. The standard InChI is InChI=1S/C18H29F9O5S/c1-2-3-4-7-10-30-13-14-31-11-8-5-6-9-12-32-33(28,29)18(26,27)16(21,22)15(19,20)17(23,24)25/h2-14H2,1H3. The molecule has 5 nitrogen and oxygen atoms in total. The summed E-state index contributed by atoms with van der Waals surface area (Å²) >= 11 is 0. The van der Waals surface area contributed by atoms with Crippen LogP contribution in [0.15, 0.2) is 0 Å². The van der Waals surface area contributed by atoms with E-state index >= 15 is 0 Å². The van der Waals surface area contributed by atoms with Crippen LogP contribution >= 0.6 is 0 Å². The Morgan fingerprint density at radius 3 is 1.42 bits per heavy atom. The average Bonchev–Trinajstić information content (AvgIpc) is 2.69. The second kappa shape index (κ2) is 13.9. The lowest BCUT2D eigenvalue weighted by Gasteiger charge is -2.32. The Morgan fingerprint density at radius 2 is 1.00 bits per heavy atom. The van der Waals surface area contributed by atoms with Gasteiger partial charge in [0.05, 0.1) is 19.8 Å². The molecule has 0 aromatic heterocycles. The van der Waals surface area contributed by atoms with Crippen molar-refractivity contribution >= 4 is 10.1 Å². The van der Waals surface area contributed by atoms with Crippen LogP contribution in [0.3, 0.4) is 0 Å². The van der Waals surface area contributed by atoms with Crippen molar-refractivity contribution in [2.24, 2.45) is 0 Å². The molecule has 0 saturated carbocycles. The number of unbranched alkanes of at least 4 members (excludes halogenated alkanes) is 6. The van der Waals surface area contributed by atoms with Gasteiger partial charge < -0.3 is 9.47 Å². The first-order valence-corrected chi connectivity index (χ1v) is 11.7. The van der Waals surface area contributed by atoms with Crippen molar-refractivity contribution in [2.45, 2.75) is 81.6 Å². The maximum atomic E-state index is 13.4. The van der Waals surface area contributed by atoms with Crippen LogP contribution in [-0.2, 0) is 23.8 Å². The molecule has 0 aromatic carbocycles. The molecule has 0 radical (unpaired) electrons. The fourth-order valence-electron chi connectivity index (χ4n) is 2.37. The molecule has 200 valence electrons. The van der Waals surface area contributed by atoms with Gasteiger partial charge in [-0.3, -0.25) is 4.18 Å². The molecular weight excluding hydrogens is 499 g/mol.